The van der Waals surface area contributed by atoms with Crippen LogP contribution in [-0.2, 0) is 6.42 Å². The van der Waals surface area contributed by atoms with Gasteiger partial charge in [0.25, 0.3) is 0 Å². The largest absolute Gasteiger partial charge is 0.0625 e. The molecule has 1 aromatic rings. The molecular weight excluding hydrogens is 168 g/mol. The summed E-state index contributed by atoms with van der Waals surface area (Å²) in [5.74, 6) is 2.36. The maximum Gasteiger partial charge on any atom is -0.0250 e. The maximum atomic E-state index is 2.36. The second-order valence-corrected chi connectivity index (χ2v) is 4.77. The molecule has 1 aromatic carbocycles. The zero-order valence-electron chi connectivity index (χ0n) is 9.83. The Morgan fingerprint density at radius 3 is 2.00 bits per heavy atom. The number of hydrogen-bond acceptors (Lipinski definition) is 0. The molecule has 1 rings (SSSR count). The molecule has 0 saturated carbocycles. The van der Waals surface area contributed by atoms with E-state index in [2.05, 4.69) is 58.0 Å². The topological polar surface area (TPSA) is 0 Å². The van der Waals surface area contributed by atoms with Crippen molar-refractivity contribution >= 4 is 0 Å². The second-order valence-electron chi connectivity index (χ2n) is 4.77. The fourth-order valence-electron chi connectivity index (χ4n) is 1.83. The van der Waals surface area contributed by atoms with Crippen LogP contribution in [0.1, 0.15) is 33.3 Å². The Hall–Kier alpha value is -0.780. The van der Waals surface area contributed by atoms with Gasteiger partial charge in [-0.3, -0.25) is 0 Å². The number of hydrogen-bond donors (Lipinski definition) is 0. The van der Waals surface area contributed by atoms with Crippen molar-refractivity contribution in [3.05, 3.63) is 35.9 Å². The fourth-order valence-corrected chi connectivity index (χ4v) is 1.83. The van der Waals surface area contributed by atoms with E-state index in [1.807, 2.05) is 0 Å². The van der Waals surface area contributed by atoms with Crippen molar-refractivity contribution < 1.29 is 0 Å². The molecule has 0 heteroatoms. The van der Waals surface area contributed by atoms with Crippen LogP contribution >= 0.6 is 0 Å². The predicted octanol–water partition coefficient (Wildman–Crippen LogP) is 4.16. The van der Waals surface area contributed by atoms with E-state index < -0.39 is 0 Å². The minimum Gasteiger partial charge on any atom is -0.0625 e. The fraction of sp³-hybridized carbons (Fsp3) is 0.571. The zero-order valence-corrected chi connectivity index (χ0v) is 9.83. The molecule has 0 bridgehead atoms. The molecule has 2 atom stereocenters. The van der Waals surface area contributed by atoms with Gasteiger partial charge in [0.05, 0.1) is 0 Å². The van der Waals surface area contributed by atoms with E-state index in [9.17, 15) is 0 Å². The number of benzene rings is 1. The normalized spacial score (nSPS) is 15.5. The van der Waals surface area contributed by atoms with Crippen LogP contribution in [0.15, 0.2) is 30.3 Å². The summed E-state index contributed by atoms with van der Waals surface area (Å²) in [6.07, 6.45) is 1.21. The van der Waals surface area contributed by atoms with E-state index in [1.54, 1.807) is 0 Å². The average molecular weight is 190 g/mol. The summed E-state index contributed by atoms with van der Waals surface area (Å²) in [5, 5.41) is 0. The third kappa shape index (κ3) is 3.17. The third-order valence-electron chi connectivity index (χ3n) is 3.35. The van der Waals surface area contributed by atoms with Crippen LogP contribution in [0.2, 0.25) is 0 Å². The molecule has 78 valence electrons. The van der Waals surface area contributed by atoms with Gasteiger partial charge in [-0.15, -0.1) is 0 Å². The molecule has 0 spiro atoms. The highest BCUT2D eigenvalue weighted by molar-refractivity contribution is 5.15. The number of rotatable bonds is 4. The van der Waals surface area contributed by atoms with Gasteiger partial charge in [0.15, 0.2) is 0 Å². The molecular formula is C14H22. The van der Waals surface area contributed by atoms with Crippen LogP contribution in [0.4, 0.5) is 0 Å². The van der Waals surface area contributed by atoms with Gasteiger partial charge in [-0.05, 0) is 29.7 Å². The Morgan fingerprint density at radius 2 is 1.50 bits per heavy atom. The lowest BCUT2D eigenvalue weighted by molar-refractivity contribution is 0.295. The Bertz CT molecular complexity index is 248. The molecule has 0 fully saturated rings. The minimum absolute atomic E-state index is 0.775. The first-order valence-corrected chi connectivity index (χ1v) is 5.65. The van der Waals surface area contributed by atoms with Gasteiger partial charge in [-0.1, -0.05) is 58.0 Å². The summed E-state index contributed by atoms with van der Waals surface area (Å²) in [7, 11) is 0. The van der Waals surface area contributed by atoms with Crippen molar-refractivity contribution in [2.75, 3.05) is 0 Å². The standard InChI is InChI=1S/C14H22/c1-11(2)13(4)12(3)10-14-8-6-5-7-9-14/h5-9,11-13H,10H2,1-4H3. The summed E-state index contributed by atoms with van der Waals surface area (Å²) >= 11 is 0. The van der Waals surface area contributed by atoms with Crippen LogP contribution in [0.25, 0.3) is 0 Å². The Balaban J connectivity index is 2.53. The highest BCUT2D eigenvalue weighted by Crippen LogP contribution is 2.23. The van der Waals surface area contributed by atoms with Gasteiger partial charge >= 0.3 is 0 Å². The average Bonchev–Trinajstić information content (AvgIpc) is 2.18. The van der Waals surface area contributed by atoms with E-state index in [1.165, 1.54) is 12.0 Å². The van der Waals surface area contributed by atoms with Crippen LogP contribution in [0, 0.1) is 17.8 Å². The lowest BCUT2D eigenvalue weighted by atomic mass is 9.82. The van der Waals surface area contributed by atoms with Crippen molar-refractivity contribution in [1.82, 2.24) is 0 Å². The van der Waals surface area contributed by atoms with E-state index in [4.69, 9.17) is 0 Å². The third-order valence-corrected chi connectivity index (χ3v) is 3.35. The highest BCUT2D eigenvalue weighted by Gasteiger charge is 2.15. The van der Waals surface area contributed by atoms with Crippen LogP contribution in [-0.4, -0.2) is 0 Å². The highest BCUT2D eigenvalue weighted by atomic mass is 14.2. The first kappa shape index (κ1) is 11.3. The Labute approximate surface area is 88.4 Å². The molecule has 0 aliphatic carbocycles. The molecule has 0 aliphatic heterocycles. The molecule has 0 nitrogen and oxygen atoms in total. The van der Waals surface area contributed by atoms with Crippen LogP contribution in [0.3, 0.4) is 0 Å². The monoisotopic (exact) mass is 190 g/mol. The van der Waals surface area contributed by atoms with Gasteiger partial charge in [0.1, 0.15) is 0 Å². The predicted molar refractivity (Wildman–Crippen MR) is 63.3 cm³/mol. The molecule has 0 heterocycles. The Kier molecular flexibility index (Phi) is 4.19. The van der Waals surface area contributed by atoms with Gasteiger partial charge in [-0.25, -0.2) is 0 Å². The van der Waals surface area contributed by atoms with Gasteiger partial charge in [0, 0.05) is 0 Å². The zero-order chi connectivity index (χ0) is 10.6. The smallest absolute Gasteiger partial charge is 0.0250 e. The van der Waals surface area contributed by atoms with Crippen molar-refractivity contribution in [2.24, 2.45) is 17.8 Å². The first-order valence-electron chi connectivity index (χ1n) is 5.65. The van der Waals surface area contributed by atoms with E-state index in [-0.39, 0.29) is 0 Å². The lowest BCUT2D eigenvalue weighted by Crippen LogP contribution is -2.16. The van der Waals surface area contributed by atoms with E-state index in [0.29, 0.717) is 0 Å². The molecule has 2 unspecified atom stereocenters. The molecule has 0 radical (unpaired) electrons. The summed E-state index contributed by atoms with van der Waals surface area (Å²) < 4.78 is 0. The minimum atomic E-state index is 0.775. The summed E-state index contributed by atoms with van der Waals surface area (Å²) in [6.45, 7) is 9.34. The Morgan fingerprint density at radius 1 is 0.929 bits per heavy atom. The van der Waals surface area contributed by atoms with Crippen LogP contribution in [0.5, 0.6) is 0 Å². The molecule has 0 aromatic heterocycles. The van der Waals surface area contributed by atoms with Crippen molar-refractivity contribution in [3.8, 4) is 0 Å². The quantitative estimate of drug-likeness (QED) is 0.669. The lowest BCUT2D eigenvalue weighted by Gasteiger charge is -2.23. The second kappa shape index (κ2) is 5.19. The summed E-state index contributed by atoms with van der Waals surface area (Å²) in [4.78, 5) is 0. The molecule has 14 heavy (non-hydrogen) atoms. The molecule has 0 saturated heterocycles. The maximum absolute atomic E-state index is 2.36. The van der Waals surface area contributed by atoms with Gasteiger partial charge in [-0.2, -0.15) is 0 Å². The molecule has 0 aliphatic rings. The molecule has 0 N–H and O–H groups in total. The van der Waals surface area contributed by atoms with E-state index in [0.717, 1.165) is 17.8 Å². The van der Waals surface area contributed by atoms with Gasteiger partial charge < -0.3 is 0 Å². The summed E-state index contributed by atoms with van der Waals surface area (Å²) in [5.41, 5.74) is 1.47. The van der Waals surface area contributed by atoms with Gasteiger partial charge in [0.2, 0.25) is 0 Å². The van der Waals surface area contributed by atoms with Crippen molar-refractivity contribution in [1.29, 1.82) is 0 Å². The molecule has 0 amide bonds. The SMILES string of the molecule is CC(C)C(C)C(C)Cc1ccccc1. The van der Waals surface area contributed by atoms with Crippen molar-refractivity contribution in [2.45, 2.75) is 34.1 Å². The van der Waals surface area contributed by atoms with Crippen molar-refractivity contribution in [3.63, 3.8) is 0 Å². The summed E-state index contributed by atoms with van der Waals surface area (Å²) in [6, 6.07) is 10.8. The van der Waals surface area contributed by atoms with Crippen LogP contribution < -0.4 is 0 Å². The van der Waals surface area contributed by atoms with E-state index >= 15 is 0 Å². The first-order chi connectivity index (χ1) is 6.61.